The molecule has 0 bridgehead atoms. The summed E-state index contributed by atoms with van der Waals surface area (Å²) in [6.45, 7) is 1.54. The number of nitrogens with one attached hydrogen (secondary N) is 3. The molecule has 0 aliphatic carbocycles. The molecule has 194 valence electrons. The molecule has 4 rings (SSSR count). The number of hydroxylamine groups is 1. The number of anilines is 1. The van der Waals surface area contributed by atoms with E-state index in [0.717, 1.165) is 27.5 Å². The summed E-state index contributed by atoms with van der Waals surface area (Å²) in [4.78, 5) is 26.5. The Kier molecular flexibility index (Phi) is 8.72. The fourth-order valence-corrected chi connectivity index (χ4v) is 6.71. The summed E-state index contributed by atoms with van der Waals surface area (Å²) in [5, 5.41) is 11.5. The van der Waals surface area contributed by atoms with Crippen molar-refractivity contribution in [3.05, 3.63) is 88.8 Å². The van der Waals surface area contributed by atoms with Crippen molar-refractivity contribution in [3.63, 3.8) is 0 Å². The van der Waals surface area contributed by atoms with Gasteiger partial charge in [0.2, 0.25) is 10.0 Å². The first-order valence-corrected chi connectivity index (χ1v) is 14.1. The van der Waals surface area contributed by atoms with Gasteiger partial charge >= 0.3 is 0 Å². The molecule has 37 heavy (non-hydrogen) atoms. The zero-order valence-electron chi connectivity index (χ0n) is 20.0. The normalized spacial score (nSPS) is 14.6. The van der Waals surface area contributed by atoms with Crippen LogP contribution < -0.4 is 20.4 Å². The molecule has 0 spiro atoms. The van der Waals surface area contributed by atoms with Crippen LogP contribution in [0.25, 0.3) is 6.08 Å². The number of hydrogen-bond donors (Lipinski definition) is 4. The third-order valence-corrected chi connectivity index (χ3v) is 9.08. The Labute approximate surface area is 219 Å². The van der Waals surface area contributed by atoms with Crippen molar-refractivity contribution in [2.24, 2.45) is 0 Å². The number of benzene rings is 2. The number of amides is 2. The molecular formula is C26H28N4O5S2. The number of sulfonamides is 1. The van der Waals surface area contributed by atoms with Gasteiger partial charge < -0.3 is 10.2 Å². The molecule has 1 saturated heterocycles. The van der Waals surface area contributed by atoms with Gasteiger partial charge in [0.25, 0.3) is 11.8 Å². The first kappa shape index (κ1) is 26.6. The summed E-state index contributed by atoms with van der Waals surface area (Å²) < 4.78 is 29.0. The van der Waals surface area contributed by atoms with Crippen molar-refractivity contribution in [2.75, 3.05) is 18.0 Å². The fraction of sp³-hybridized carbons (Fsp3) is 0.231. The number of carbonyl (C=O) groups is 2. The van der Waals surface area contributed by atoms with Gasteiger partial charge in [-0.2, -0.15) is 0 Å². The quantitative estimate of drug-likeness (QED) is 0.188. The predicted octanol–water partition coefficient (Wildman–Crippen LogP) is 3.14. The second-order valence-corrected chi connectivity index (χ2v) is 11.6. The number of rotatable bonds is 9. The van der Waals surface area contributed by atoms with E-state index in [1.807, 2.05) is 30.3 Å². The molecule has 2 amide bonds. The van der Waals surface area contributed by atoms with E-state index in [9.17, 15) is 18.0 Å². The molecule has 2 aromatic carbocycles. The number of para-hydroxylation sites is 1. The Hall–Kier alpha value is -3.51. The topological polar surface area (TPSA) is 128 Å². The third kappa shape index (κ3) is 7.04. The highest BCUT2D eigenvalue weighted by Crippen LogP contribution is 2.27. The van der Waals surface area contributed by atoms with Gasteiger partial charge in [0.05, 0.1) is 6.54 Å². The Balaban J connectivity index is 1.32. The largest absolute Gasteiger partial charge is 0.371 e. The van der Waals surface area contributed by atoms with Crippen LogP contribution in [0, 0.1) is 0 Å². The van der Waals surface area contributed by atoms with Gasteiger partial charge in [0.15, 0.2) is 0 Å². The lowest BCUT2D eigenvalue weighted by molar-refractivity contribution is -0.124. The molecule has 0 unspecified atom stereocenters. The van der Waals surface area contributed by atoms with Crippen LogP contribution in [0.1, 0.15) is 33.6 Å². The number of piperidine rings is 1. The van der Waals surface area contributed by atoms with Gasteiger partial charge in [0, 0.05) is 41.3 Å². The van der Waals surface area contributed by atoms with Crippen LogP contribution in [0.15, 0.2) is 77.0 Å². The van der Waals surface area contributed by atoms with E-state index in [0.29, 0.717) is 31.5 Å². The van der Waals surface area contributed by atoms with Crippen LogP contribution in [0.5, 0.6) is 0 Å². The molecule has 1 aliphatic heterocycles. The summed E-state index contributed by atoms with van der Waals surface area (Å²) in [5.41, 5.74) is 3.89. The monoisotopic (exact) mass is 540 g/mol. The maximum absolute atomic E-state index is 13.0. The summed E-state index contributed by atoms with van der Waals surface area (Å²) in [6, 6.07) is 19.5. The van der Waals surface area contributed by atoms with Crippen LogP contribution in [0.4, 0.5) is 5.69 Å². The highest BCUT2D eigenvalue weighted by molar-refractivity contribution is 7.91. The Morgan fingerprint density at radius 1 is 1.00 bits per heavy atom. The van der Waals surface area contributed by atoms with Gasteiger partial charge in [-0.05, 0) is 54.8 Å². The van der Waals surface area contributed by atoms with E-state index in [-0.39, 0.29) is 22.7 Å². The molecule has 4 N–H and O–H groups in total. The smallest absolute Gasteiger partial charge is 0.267 e. The van der Waals surface area contributed by atoms with E-state index in [1.165, 1.54) is 6.08 Å². The second kappa shape index (κ2) is 12.2. The molecule has 2 heterocycles. The second-order valence-electron chi connectivity index (χ2n) is 8.52. The van der Waals surface area contributed by atoms with Crippen molar-refractivity contribution in [3.8, 4) is 0 Å². The van der Waals surface area contributed by atoms with E-state index in [2.05, 4.69) is 14.9 Å². The molecule has 1 aliphatic rings. The summed E-state index contributed by atoms with van der Waals surface area (Å²) in [7, 11) is -3.68. The van der Waals surface area contributed by atoms with Crippen LogP contribution in [0.2, 0.25) is 0 Å². The van der Waals surface area contributed by atoms with Crippen molar-refractivity contribution >= 4 is 44.9 Å². The lowest BCUT2D eigenvalue weighted by Gasteiger charge is -2.34. The zero-order valence-corrected chi connectivity index (χ0v) is 21.6. The number of thiophene rings is 1. The van der Waals surface area contributed by atoms with Crippen molar-refractivity contribution in [2.45, 2.75) is 29.6 Å². The molecule has 0 atom stereocenters. The Bertz CT molecular complexity index is 1360. The van der Waals surface area contributed by atoms with Crippen LogP contribution >= 0.6 is 11.3 Å². The molecule has 0 radical (unpaired) electrons. The summed E-state index contributed by atoms with van der Waals surface area (Å²) >= 11 is 1.14. The lowest BCUT2D eigenvalue weighted by atomic mass is 10.0. The number of carbonyl (C=O) groups excluding carboxylic acids is 2. The molecule has 9 nitrogen and oxygen atoms in total. The summed E-state index contributed by atoms with van der Waals surface area (Å²) in [6.07, 6.45) is 4.13. The van der Waals surface area contributed by atoms with E-state index in [1.54, 1.807) is 48.0 Å². The standard InChI is InChI=1S/C26H28N4O5S2/c31-24(28-33)12-10-19-6-4-5-9-23(19)30-16-14-21(15-17-30)29-37(34,35)25-13-11-22(36-25)18-27-26(32)20-7-2-1-3-8-20/h1-13,21,29,33H,14-18H2,(H,27,32)(H,28,31)/b12-10+. The Morgan fingerprint density at radius 2 is 1.70 bits per heavy atom. The summed E-state index contributed by atoms with van der Waals surface area (Å²) in [5.74, 6) is -0.824. The highest BCUT2D eigenvalue weighted by Gasteiger charge is 2.26. The predicted molar refractivity (Wildman–Crippen MR) is 143 cm³/mol. The van der Waals surface area contributed by atoms with Crippen molar-refractivity contribution in [1.29, 1.82) is 0 Å². The molecule has 0 saturated carbocycles. The van der Waals surface area contributed by atoms with E-state index >= 15 is 0 Å². The van der Waals surface area contributed by atoms with Crippen LogP contribution in [-0.4, -0.2) is 44.6 Å². The van der Waals surface area contributed by atoms with Gasteiger partial charge in [0.1, 0.15) is 4.21 Å². The van der Waals surface area contributed by atoms with Crippen molar-refractivity contribution in [1.82, 2.24) is 15.5 Å². The van der Waals surface area contributed by atoms with Crippen molar-refractivity contribution < 1.29 is 23.2 Å². The number of hydrogen-bond acceptors (Lipinski definition) is 7. The Morgan fingerprint density at radius 3 is 2.43 bits per heavy atom. The minimum Gasteiger partial charge on any atom is -0.371 e. The highest BCUT2D eigenvalue weighted by atomic mass is 32.2. The van der Waals surface area contributed by atoms with E-state index < -0.39 is 15.9 Å². The molecular weight excluding hydrogens is 512 g/mol. The fourth-order valence-electron chi connectivity index (χ4n) is 4.09. The molecule has 11 heteroatoms. The maximum Gasteiger partial charge on any atom is 0.267 e. The minimum absolute atomic E-state index is 0.201. The van der Waals surface area contributed by atoms with Gasteiger partial charge in [-0.3, -0.25) is 14.8 Å². The lowest BCUT2D eigenvalue weighted by Crippen LogP contribution is -2.44. The SMILES string of the molecule is O=C(/C=C/c1ccccc1N1CCC(NS(=O)(=O)c2ccc(CNC(=O)c3ccccc3)s2)CC1)NO. The van der Waals surface area contributed by atoms with Gasteiger partial charge in [-0.25, -0.2) is 18.6 Å². The van der Waals surface area contributed by atoms with E-state index in [4.69, 9.17) is 5.21 Å². The third-order valence-electron chi connectivity index (χ3n) is 5.98. The molecule has 3 aromatic rings. The molecule has 1 fully saturated rings. The average molecular weight is 541 g/mol. The van der Waals surface area contributed by atoms with Gasteiger partial charge in [-0.15, -0.1) is 11.3 Å². The first-order chi connectivity index (χ1) is 17.9. The average Bonchev–Trinajstić information content (AvgIpc) is 3.41. The van der Waals surface area contributed by atoms with Gasteiger partial charge in [-0.1, -0.05) is 36.4 Å². The zero-order chi connectivity index (χ0) is 26.3. The number of nitrogens with zero attached hydrogens (tertiary/aromatic N) is 1. The first-order valence-electron chi connectivity index (χ1n) is 11.8. The maximum atomic E-state index is 13.0. The minimum atomic E-state index is -3.68. The van der Waals surface area contributed by atoms with Crippen LogP contribution in [0.3, 0.4) is 0 Å². The van der Waals surface area contributed by atoms with Crippen LogP contribution in [-0.2, 0) is 21.4 Å². The molecule has 1 aromatic heterocycles.